The minimum Gasteiger partial charge on any atom is -0.322 e. The van der Waals surface area contributed by atoms with Crippen molar-refractivity contribution in [3.05, 3.63) is 98.7 Å². The minimum absolute atomic E-state index is 0.0174. The number of carbonyl (C=O) groups excluding carboxylic acids is 1. The number of aryl methyl sites for hydroxylation is 3. The van der Waals surface area contributed by atoms with Gasteiger partial charge in [0.05, 0.1) is 6.54 Å². The van der Waals surface area contributed by atoms with E-state index >= 15 is 0 Å². The lowest BCUT2D eigenvalue weighted by Gasteiger charge is -2.11. The zero-order valence-electron chi connectivity index (χ0n) is 15.5. The molecule has 0 atom stereocenters. The SMILES string of the molecule is Cc1ccc(C)c(Cn2cccc(C(=O)Nc3ccc(C)c(F)c3)c2=O)c1. The van der Waals surface area contributed by atoms with Crippen LogP contribution in [-0.4, -0.2) is 10.5 Å². The van der Waals surface area contributed by atoms with Crippen molar-refractivity contribution < 1.29 is 9.18 Å². The molecule has 4 nitrogen and oxygen atoms in total. The van der Waals surface area contributed by atoms with Crippen LogP contribution in [0.3, 0.4) is 0 Å². The quantitative estimate of drug-likeness (QED) is 0.754. The van der Waals surface area contributed by atoms with Gasteiger partial charge in [0.1, 0.15) is 11.4 Å². The zero-order chi connectivity index (χ0) is 19.6. The fourth-order valence-corrected chi connectivity index (χ4v) is 2.86. The maximum atomic E-state index is 13.7. The predicted octanol–water partition coefficient (Wildman–Crippen LogP) is 4.21. The number of amides is 1. The van der Waals surface area contributed by atoms with Crippen molar-refractivity contribution in [3.8, 4) is 0 Å². The van der Waals surface area contributed by atoms with Crippen molar-refractivity contribution in [3.63, 3.8) is 0 Å². The summed E-state index contributed by atoms with van der Waals surface area (Å²) in [4.78, 5) is 25.3. The summed E-state index contributed by atoms with van der Waals surface area (Å²) in [5.41, 5.74) is 3.65. The first kappa shape index (κ1) is 18.6. The molecule has 0 radical (unpaired) electrons. The predicted molar refractivity (Wildman–Crippen MR) is 105 cm³/mol. The summed E-state index contributed by atoms with van der Waals surface area (Å²) in [6, 6.07) is 13.6. The summed E-state index contributed by atoms with van der Waals surface area (Å²) < 4.78 is 15.2. The number of aromatic nitrogens is 1. The Labute approximate surface area is 157 Å². The Morgan fingerprint density at radius 2 is 1.78 bits per heavy atom. The van der Waals surface area contributed by atoms with E-state index in [-0.39, 0.29) is 11.1 Å². The van der Waals surface area contributed by atoms with E-state index in [1.807, 2.05) is 32.0 Å². The Balaban J connectivity index is 1.87. The normalized spacial score (nSPS) is 10.7. The second-order valence-electron chi connectivity index (χ2n) is 6.70. The molecule has 3 aromatic rings. The van der Waals surface area contributed by atoms with Crippen molar-refractivity contribution in [1.82, 2.24) is 4.57 Å². The number of pyridine rings is 1. The van der Waals surface area contributed by atoms with Crippen LogP contribution in [0.1, 0.15) is 32.6 Å². The van der Waals surface area contributed by atoms with E-state index in [1.165, 1.54) is 16.7 Å². The second-order valence-corrected chi connectivity index (χ2v) is 6.70. The third kappa shape index (κ3) is 4.14. The van der Waals surface area contributed by atoms with Crippen LogP contribution >= 0.6 is 0 Å². The Morgan fingerprint density at radius 1 is 1.04 bits per heavy atom. The number of hydrogen-bond donors (Lipinski definition) is 1. The molecule has 27 heavy (non-hydrogen) atoms. The summed E-state index contributed by atoms with van der Waals surface area (Å²) >= 11 is 0. The molecule has 1 amide bonds. The highest BCUT2D eigenvalue weighted by Crippen LogP contribution is 2.15. The molecule has 0 bridgehead atoms. The molecule has 3 rings (SSSR count). The van der Waals surface area contributed by atoms with E-state index in [2.05, 4.69) is 5.32 Å². The number of hydrogen-bond acceptors (Lipinski definition) is 2. The molecule has 1 heterocycles. The van der Waals surface area contributed by atoms with Gasteiger partial charge in [-0.15, -0.1) is 0 Å². The smallest absolute Gasteiger partial charge is 0.263 e. The van der Waals surface area contributed by atoms with Crippen molar-refractivity contribution >= 4 is 11.6 Å². The first-order chi connectivity index (χ1) is 12.8. The van der Waals surface area contributed by atoms with Crippen LogP contribution in [0.15, 0.2) is 59.5 Å². The third-order valence-corrected chi connectivity index (χ3v) is 4.54. The first-order valence-electron chi connectivity index (χ1n) is 8.68. The Hall–Kier alpha value is -3.21. The van der Waals surface area contributed by atoms with Gasteiger partial charge in [0.25, 0.3) is 11.5 Å². The maximum Gasteiger partial charge on any atom is 0.263 e. The zero-order valence-corrected chi connectivity index (χ0v) is 15.5. The van der Waals surface area contributed by atoms with Gasteiger partial charge in [-0.05, 0) is 61.7 Å². The van der Waals surface area contributed by atoms with Gasteiger partial charge < -0.3 is 9.88 Å². The van der Waals surface area contributed by atoms with Crippen molar-refractivity contribution in [2.45, 2.75) is 27.3 Å². The topological polar surface area (TPSA) is 51.1 Å². The number of rotatable bonds is 4. The average molecular weight is 364 g/mol. The summed E-state index contributed by atoms with van der Waals surface area (Å²) in [5.74, 6) is -0.966. The lowest BCUT2D eigenvalue weighted by atomic mass is 10.1. The summed E-state index contributed by atoms with van der Waals surface area (Å²) in [6.07, 6.45) is 1.66. The number of benzene rings is 2. The van der Waals surface area contributed by atoms with Gasteiger partial charge in [-0.25, -0.2) is 4.39 Å². The monoisotopic (exact) mass is 364 g/mol. The van der Waals surface area contributed by atoms with E-state index in [0.29, 0.717) is 17.8 Å². The van der Waals surface area contributed by atoms with E-state index in [9.17, 15) is 14.0 Å². The van der Waals surface area contributed by atoms with Crippen molar-refractivity contribution in [1.29, 1.82) is 0 Å². The lowest BCUT2D eigenvalue weighted by Crippen LogP contribution is -2.29. The van der Waals surface area contributed by atoms with Crippen LogP contribution in [0.4, 0.5) is 10.1 Å². The van der Waals surface area contributed by atoms with Gasteiger partial charge in [-0.1, -0.05) is 29.8 Å². The van der Waals surface area contributed by atoms with Gasteiger partial charge in [-0.2, -0.15) is 0 Å². The number of anilines is 1. The Kier molecular flexibility index (Phi) is 5.21. The van der Waals surface area contributed by atoms with Gasteiger partial charge >= 0.3 is 0 Å². The largest absolute Gasteiger partial charge is 0.322 e. The highest BCUT2D eigenvalue weighted by Gasteiger charge is 2.14. The number of nitrogens with zero attached hydrogens (tertiary/aromatic N) is 1. The molecule has 138 valence electrons. The van der Waals surface area contributed by atoms with Crippen LogP contribution in [0.5, 0.6) is 0 Å². The fourth-order valence-electron chi connectivity index (χ4n) is 2.86. The van der Waals surface area contributed by atoms with Crippen LogP contribution in [0.25, 0.3) is 0 Å². The van der Waals surface area contributed by atoms with Crippen LogP contribution in [0.2, 0.25) is 0 Å². The molecular formula is C22H21FN2O2. The van der Waals surface area contributed by atoms with E-state index < -0.39 is 11.7 Å². The molecule has 0 fully saturated rings. The highest BCUT2D eigenvalue weighted by molar-refractivity contribution is 6.04. The molecule has 0 aliphatic rings. The van der Waals surface area contributed by atoms with Crippen molar-refractivity contribution in [2.24, 2.45) is 0 Å². The van der Waals surface area contributed by atoms with Gasteiger partial charge in [0.2, 0.25) is 0 Å². The highest BCUT2D eigenvalue weighted by atomic mass is 19.1. The number of halogens is 1. The number of carbonyl (C=O) groups is 1. The summed E-state index contributed by atoms with van der Waals surface area (Å²) in [7, 11) is 0. The van der Waals surface area contributed by atoms with Crippen LogP contribution in [0, 0.1) is 26.6 Å². The molecule has 0 aliphatic heterocycles. The molecule has 0 aliphatic carbocycles. The molecule has 0 saturated carbocycles. The molecule has 0 unspecified atom stereocenters. The molecule has 2 aromatic carbocycles. The van der Waals surface area contributed by atoms with Gasteiger partial charge in [0.15, 0.2) is 0 Å². The lowest BCUT2D eigenvalue weighted by molar-refractivity contribution is 0.102. The molecule has 0 spiro atoms. The van der Waals surface area contributed by atoms with Crippen molar-refractivity contribution in [2.75, 3.05) is 5.32 Å². The van der Waals surface area contributed by atoms with Crippen LogP contribution in [-0.2, 0) is 6.54 Å². The Morgan fingerprint density at radius 3 is 2.52 bits per heavy atom. The van der Waals surface area contributed by atoms with Gasteiger partial charge in [0, 0.05) is 11.9 Å². The van der Waals surface area contributed by atoms with E-state index in [4.69, 9.17) is 0 Å². The standard InChI is InChI=1S/C22H21FN2O2/c1-14-6-7-15(2)17(11-14)13-25-10-4-5-19(22(25)27)21(26)24-18-9-8-16(3)20(23)12-18/h4-12H,13H2,1-3H3,(H,24,26). The minimum atomic E-state index is -0.557. The Bertz CT molecular complexity index is 1070. The van der Waals surface area contributed by atoms with Gasteiger partial charge in [-0.3, -0.25) is 9.59 Å². The molecule has 1 N–H and O–H groups in total. The number of nitrogens with one attached hydrogen (secondary N) is 1. The first-order valence-corrected chi connectivity index (χ1v) is 8.68. The third-order valence-electron chi connectivity index (χ3n) is 4.54. The molecule has 0 saturated heterocycles. The molecular weight excluding hydrogens is 343 g/mol. The second kappa shape index (κ2) is 7.58. The molecule has 5 heteroatoms. The summed E-state index contributed by atoms with van der Waals surface area (Å²) in [5, 5.41) is 2.59. The fraction of sp³-hybridized carbons (Fsp3) is 0.182. The van der Waals surface area contributed by atoms with Crippen LogP contribution < -0.4 is 10.9 Å². The van der Waals surface area contributed by atoms with E-state index in [0.717, 1.165) is 16.7 Å². The molecule has 1 aromatic heterocycles. The van der Waals surface area contributed by atoms with E-state index in [1.54, 1.807) is 31.3 Å². The average Bonchev–Trinajstić information content (AvgIpc) is 2.63. The maximum absolute atomic E-state index is 13.7. The summed E-state index contributed by atoms with van der Waals surface area (Å²) in [6.45, 7) is 6.01.